The van der Waals surface area contributed by atoms with E-state index < -0.39 is 0 Å². The first-order valence-electron chi connectivity index (χ1n) is 8.39. The Balaban J connectivity index is 1.58. The van der Waals surface area contributed by atoms with E-state index in [2.05, 4.69) is 10.5 Å². The van der Waals surface area contributed by atoms with Gasteiger partial charge in [0.15, 0.2) is 0 Å². The minimum absolute atomic E-state index is 0.224. The normalized spacial score (nSPS) is 15.3. The molecule has 0 aliphatic heterocycles. The van der Waals surface area contributed by atoms with Gasteiger partial charge in [0, 0.05) is 5.56 Å². The molecule has 2 aromatic rings. The van der Waals surface area contributed by atoms with Crippen LogP contribution in [0.15, 0.2) is 59.7 Å². The number of rotatable bonds is 5. The number of nitrogens with one attached hydrogen (secondary N) is 1. The molecule has 0 unspecified atom stereocenters. The van der Waals surface area contributed by atoms with Crippen molar-refractivity contribution in [2.75, 3.05) is 0 Å². The predicted molar refractivity (Wildman–Crippen MR) is 95.4 cm³/mol. The fourth-order valence-corrected chi connectivity index (χ4v) is 2.83. The first-order valence-corrected chi connectivity index (χ1v) is 8.39. The molecule has 1 aliphatic carbocycles. The summed E-state index contributed by atoms with van der Waals surface area (Å²) in [4.78, 5) is 12.2. The molecule has 3 rings (SSSR count). The van der Waals surface area contributed by atoms with Gasteiger partial charge in [-0.2, -0.15) is 5.10 Å². The van der Waals surface area contributed by atoms with Crippen molar-refractivity contribution in [3.63, 3.8) is 0 Å². The highest BCUT2D eigenvalue weighted by molar-refractivity contribution is 6.00. The Morgan fingerprint density at radius 1 is 1.00 bits per heavy atom. The van der Waals surface area contributed by atoms with Gasteiger partial charge in [0.2, 0.25) is 0 Å². The van der Waals surface area contributed by atoms with E-state index in [0.717, 1.165) is 29.9 Å². The molecule has 24 heavy (non-hydrogen) atoms. The quantitative estimate of drug-likeness (QED) is 0.664. The van der Waals surface area contributed by atoms with E-state index in [4.69, 9.17) is 4.74 Å². The molecular weight excluding hydrogens is 300 g/mol. The molecule has 4 nitrogen and oxygen atoms in total. The van der Waals surface area contributed by atoms with E-state index in [1.807, 2.05) is 49.4 Å². The summed E-state index contributed by atoms with van der Waals surface area (Å²) in [6.07, 6.45) is 5.04. The van der Waals surface area contributed by atoms with Crippen LogP contribution in [0.1, 0.15) is 48.5 Å². The van der Waals surface area contributed by atoms with Crippen molar-refractivity contribution in [1.29, 1.82) is 0 Å². The van der Waals surface area contributed by atoms with E-state index in [0.29, 0.717) is 11.7 Å². The van der Waals surface area contributed by atoms with Crippen LogP contribution in [-0.2, 0) is 0 Å². The molecule has 0 spiro atoms. The Bertz CT molecular complexity index is 702. The topological polar surface area (TPSA) is 50.7 Å². The summed E-state index contributed by atoms with van der Waals surface area (Å²) in [5, 5.41) is 4.16. The van der Waals surface area contributed by atoms with E-state index in [9.17, 15) is 4.79 Å². The molecule has 0 heterocycles. The molecule has 0 aromatic heterocycles. The number of ether oxygens (including phenoxy) is 1. The molecular formula is C20H22N2O2. The fourth-order valence-electron chi connectivity index (χ4n) is 2.83. The maximum Gasteiger partial charge on any atom is 0.271 e. The highest BCUT2D eigenvalue weighted by Crippen LogP contribution is 2.24. The van der Waals surface area contributed by atoms with Gasteiger partial charge in [-0.25, -0.2) is 5.43 Å². The number of hydrazone groups is 1. The van der Waals surface area contributed by atoms with Crippen molar-refractivity contribution < 1.29 is 9.53 Å². The third-order valence-corrected chi connectivity index (χ3v) is 4.24. The molecule has 0 atom stereocenters. The Morgan fingerprint density at radius 3 is 2.33 bits per heavy atom. The van der Waals surface area contributed by atoms with Gasteiger partial charge in [0.25, 0.3) is 5.91 Å². The summed E-state index contributed by atoms with van der Waals surface area (Å²) in [7, 11) is 0. The number of hydrogen-bond donors (Lipinski definition) is 1. The van der Waals surface area contributed by atoms with Gasteiger partial charge in [-0.15, -0.1) is 0 Å². The van der Waals surface area contributed by atoms with Gasteiger partial charge in [-0.3, -0.25) is 4.79 Å². The van der Waals surface area contributed by atoms with Crippen molar-refractivity contribution in [2.45, 2.75) is 38.7 Å². The van der Waals surface area contributed by atoms with Crippen molar-refractivity contribution in [1.82, 2.24) is 5.43 Å². The highest BCUT2D eigenvalue weighted by atomic mass is 16.5. The number of hydrogen-bond acceptors (Lipinski definition) is 3. The molecule has 1 N–H and O–H groups in total. The average molecular weight is 322 g/mol. The van der Waals surface area contributed by atoms with Crippen LogP contribution in [0.25, 0.3) is 0 Å². The molecule has 1 saturated carbocycles. The Labute approximate surface area is 142 Å². The molecule has 1 amide bonds. The molecule has 0 bridgehead atoms. The maximum atomic E-state index is 12.2. The Kier molecular flexibility index (Phi) is 5.26. The summed E-state index contributed by atoms with van der Waals surface area (Å²) in [5.74, 6) is 0.597. The molecule has 1 fully saturated rings. The van der Waals surface area contributed by atoms with Crippen molar-refractivity contribution >= 4 is 11.6 Å². The fraction of sp³-hybridized carbons (Fsp3) is 0.300. The van der Waals surface area contributed by atoms with Crippen LogP contribution in [0.3, 0.4) is 0 Å². The lowest BCUT2D eigenvalue weighted by atomic mass is 10.1. The summed E-state index contributed by atoms with van der Waals surface area (Å²) in [5.41, 5.74) is 4.92. The lowest BCUT2D eigenvalue weighted by Crippen LogP contribution is -2.19. The summed E-state index contributed by atoms with van der Waals surface area (Å²) >= 11 is 0. The van der Waals surface area contributed by atoms with E-state index in [1.54, 1.807) is 12.1 Å². The van der Waals surface area contributed by atoms with Crippen molar-refractivity contribution in [2.24, 2.45) is 5.10 Å². The van der Waals surface area contributed by atoms with Gasteiger partial charge in [0.05, 0.1) is 11.8 Å². The van der Waals surface area contributed by atoms with Gasteiger partial charge >= 0.3 is 0 Å². The second-order valence-electron chi connectivity index (χ2n) is 6.05. The SMILES string of the molecule is C/C(=N\NC(=O)c1ccc(OC2CCCC2)cc1)c1ccccc1. The maximum absolute atomic E-state index is 12.2. The van der Waals surface area contributed by atoms with E-state index >= 15 is 0 Å². The zero-order chi connectivity index (χ0) is 16.8. The largest absolute Gasteiger partial charge is 0.490 e. The zero-order valence-electron chi connectivity index (χ0n) is 13.9. The molecule has 2 aromatic carbocycles. The average Bonchev–Trinajstić information content (AvgIpc) is 3.14. The van der Waals surface area contributed by atoms with Crippen LogP contribution in [-0.4, -0.2) is 17.7 Å². The smallest absolute Gasteiger partial charge is 0.271 e. The first kappa shape index (κ1) is 16.2. The van der Waals surface area contributed by atoms with Gasteiger partial charge in [0.1, 0.15) is 5.75 Å². The van der Waals surface area contributed by atoms with Gasteiger partial charge < -0.3 is 4.74 Å². The summed E-state index contributed by atoms with van der Waals surface area (Å²) in [6, 6.07) is 17.0. The number of carbonyl (C=O) groups excluding carboxylic acids is 1. The second kappa shape index (κ2) is 7.77. The van der Waals surface area contributed by atoms with Gasteiger partial charge in [-0.1, -0.05) is 30.3 Å². The molecule has 0 saturated heterocycles. The number of benzene rings is 2. The highest BCUT2D eigenvalue weighted by Gasteiger charge is 2.16. The van der Waals surface area contributed by atoms with Crippen LogP contribution in [0, 0.1) is 0 Å². The Morgan fingerprint density at radius 2 is 1.67 bits per heavy atom. The molecule has 124 valence electrons. The third kappa shape index (κ3) is 4.22. The van der Waals surface area contributed by atoms with Crippen molar-refractivity contribution in [3.05, 3.63) is 65.7 Å². The summed E-state index contributed by atoms with van der Waals surface area (Å²) in [6.45, 7) is 1.87. The lowest BCUT2D eigenvalue weighted by molar-refractivity contribution is 0.0955. The van der Waals surface area contributed by atoms with Crippen LogP contribution in [0.4, 0.5) is 0 Å². The van der Waals surface area contributed by atoms with Crippen LogP contribution in [0.2, 0.25) is 0 Å². The monoisotopic (exact) mass is 322 g/mol. The molecule has 4 heteroatoms. The number of nitrogens with zero attached hydrogens (tertiary/aromatic N) is 1. The van der Waals surface area contributed by atoms with Crippen LogP contribution in [0.5, 0.6) is 5.75 Å². The van der Waals surface area contributed by atoms with Crippen molar-refractivity contribution in [3.8, 4) is 5.75 Å². The predicted octanol–water partition coefficient (Wildman–Crippen LogP) is 4.16. The molecule has 1 aliphatic rings. The van der Waals surface area contributed by atoms with E-state index in [-0.39, 0.29) is 5.91 Å². The van der Waals surface area contributed by atoms with Gasteiger partial charge in [-0.05, 0) is 62.4 Å². The minimum atomic E-state index is -0.224. The standard InChI is InChI=1S/C20H22N2O2/c1-15(16-7-3-2-4-8-16)21-22-20(23)17-11-13-19(14-12-17)24-18-9-5-6-10-18/h2-4,7-8,11-14,18H,5-6,9-10H2,1H3,(H,22,23)/b21-15+. The zero-order valence-corrected chi connectivity index (χ0v) is 13.9. The second-order valence-corrected chi connectivity index (χ2v) is 6.05. The minimum Gasteiger partial charge on any atom is -0.490 e. The summed E-state index contributed by atoms with van der Waals surface area (Å²) < 4.78 is 5.91. The van der Waals surface area contributed by atoms with Crippen LogP contribution >= 0.6 is 0 Å². The van der Waals surface area contributed by atoms with E-state index in [1.165, 1.54) is 12.8 Å². The lowest BCUT2D eigenvalue weighted by Gasteiger charge is -2.13. The molecule has 0 radical (unpaired) electrons. The third-order valence-electron chi connectivity index (χ3n) is 4.24. The first-order chi connectivity index (χ1) is 11.7. The number of amides is 1. The Hall–Kier alpha value is -2.62. The number of carbonyl (C=O) groups is 1. The van der Waals surface area contributed by atoms with Crippen LogP contribution < -0.4 is 10.2 Å².